The van der Waals surface area contributed by atoms with Gasteiger partial charge in [-0.3, -0.25) is 4.40 Å². The largest absolute Gasteiger partial charge is 0.505 e. The van der Waals surface area contributed by atoms with Crippen LogP contribution in [0.2, 0.25) is 0 Å². The van der Waals surface area contributed by atoms with Crippen molar-refractivity contribution in [1.82, 2.24) is 14.4 Å². The van der Waals surface area contributed by atoms with E-state index in [-0.39, 0.29) is 11.1 Å². The van der Waals surface area contributed by atoms with Gasteiger partial charge < -0.3 is 15.7 Å². The number of anilines is 1. The number of benzene rings is 2. The molecule has 1 fully saturated rings. The van der Waals surface area contributed by atoms with Gasteiger partial charge in [0.1, 0.15) is 17.5 Å². The summed E-state index contributed by atoms with van der Waals surface area (Å²) >= 11 is 0. The van der Waals surface area contributed by atoms with Gasteiger partial charge in [-0.15, -0.1) is 0 Å². The summed E-state index contributed by atoms with van der Waals surface area (Å²) in [6, 6.07) is 10.1. The van der Waals surface area contributed by atoms with Crippen LogP contribution in [-0.4, -0.2) is 38.1 Å². The molecule has 172 valence electrons. The molecule has 2 aromatic carbocycles. The molecule has 0 bridgehead atoms. The molecular formula is C25H22F2N6O. The van der Waals surface area contributed by atoms with Crippen LogP contribution in [-0.2, 0) is 0 Å². The maximum Gasteiger partial charge on any atom is 0.211 e. The van der Waals surface area contributed by atoms with Gasteiger partial charge in [0.05, 0.1) is 16.8 Å². The van der Waals surface area contributed by atoms with Gasteiger partial charge in [-0.2, -0.15) is 5.26 Å². The van der Waals surface area contributed by atoms with Gasteiger partial charge in [0.15, 0.2) is 11.6 Å². The second kappa shape index (κ2) is 8.08. The Labute approximate surface area is 194 Å². The fourth-order valence-corrected chi connectivity index (χ4v) is 4.30. The number of hydrogen-bond donors (Lipinski definition) is 2. The lowest BCUT2D eigenvalue weighted by Crippen LogP contribution is -2.48. The molecule has 1 saturated heterocycles. The van der Waals surface area contributed by atoms with Crippen LogP contribution >= 0.6 is 0 Å². The zero-order chi connectivity index (χ0) is 24.0. The molecule has 0 saturated carbocycles. The maximum absolute atomic E-state index is 14.6. The first-order chi connectivity index (χ1) is 16.3. The van der Waals surface area contributed by atoms with Crippen molar-refractivity contribution in [3.63, 3.8) is 0 Å². The maximum atomic E-state index is 14.6. The zero-order valence-corrected chi connectivity index (χ0v) is 18.5. The molecule has 7 nitrogen and oxygen atoms in total. The number of halogens is 2. The fraction of sp³-hybridized carbons (Fsp3) is 0.240. The number of rotatable bonds is 3. The van der Waals surface area contributed by atoms with E-state index in [1.165, 1.54) is 24.3 Å². The molecule has 34 heavy (non-hydrogen) atoms. The number of nitrogens with two attached hydrogens (primary N) is 1. The smallest absolute Gasteiger partial charge is 0.211 e. The lowest BCUT2D eigenvalue weighted by Gasteiger charge is -2.37. The van der Waals surface area contributed by atoms with Gasteiger partial charge in [-0.05, 0) is 49.6 Å². The first-order valence-electron chi connectivity index (χ1n) is 10.9. The monoisotopic (exact) mass is 460 g/mol. The van der Waals surface area contributed by atoms with Crippen molar-refractivity contribution in [1.29, 1.82) is 5.26 Å². The Morgan fingerprint density at radius 2 is 1.82 bits per heavy atom. The Morgan fingerprint density at radius 3 is 2.50 bits per heavy atom. The molecule has 3 heterocycles. The van der Waals surface area contributed by atoms with Crippen molar-refractivity contribution < 1.29 is 13.9 Å². The summed E-state index contributed by atoms with van der Waals surface area (Å²) in [4.78, 5) is 11.6. The highest BCUT2D eigenvalue weighted by atomic mass is 19.1. The van der Waals surface area contributed by atoms with Gasteiger partial charge in [0, 0.05) is 36.6 Å². The standard InChI is InChI=1S/C25H22F2N6O/c1-25(29)6-9-32(10-7-25)24-31-22(16-2-3-17(14-28)19(27)12-16)21(23-30-8-11-33(23)24)15-4-5-18(26)20(34)13-15/h2-5,8,11-13,34H,6-7,9-10,29H2,1H3. The van der Waals surface area contributed by atoms with E-state index in [0.29, 0.717) is 47.1 Å². The first kappa shape index (κ1) is 21.8. The van der Waals surface area contributed by atoms with E-state index in [0.717, 1.165) is 18.9 Å². The molecule has 0 amide bonds. The van der Waals surface area contributed by atoms with Crippen LogP contribution < -0.4 is 10.6 Å². The first-order valence-corrected chi connectivity index (χ1v) is 10.9. The van der Waals surface area contributed by atoms with Gasteiger partial charge >= 0.3 is 0 Å². The minimum atomic E-state index is -0.753. The Balaban J connectivity index is 1.77. The molecule has 0 radical (unpaired) electrons. The molecule has 0 spiro atoms. The third-order valence-corrected chi connectivity index (χ3v) is 6.31. The number of nitriles is 1. The average molecular weight is 460 g/mol. The number of phenolic OH excluding ortho intramolecular Hbond substituents is 1. The Kier molecular flexibility index (Phi) is 5.18. The highest BCUT2D eigenvalue weighted by Gasteiger charge is 2.29. The van der Waals surface area contributed by atoms with Crippen molar-refractivity contribution in [2.45, 2.75) is 25.3 Å². The lowest BCUT2D eigenvalue weighted by atomic mass is 9.91. The predicted molar refractivity (Wildman–Crippen MR) is 124 cm³/mol. The summed E-state index contributed by atoms with van der Waals surface area (Å²) in [6.45, 7) is 3.40. The topological polar surface area (TPSA) is 103 Å². The van der Waals surface area contributed by atoms with Gasteiger partial charge in [0.25, 0.3) is 0 Å². The molecule has 3 N–H and O–H groups in total. The third kappa shape index (κ3) is 3.72. The van der Waals surface area contributed by atoms with E-state index in [9.17, 15) is 13.9 Å². The molecule has 4 aromatic rings. The van der Waals surface area contributed by atoms with Crippen LogP contribution in [0.25, 0.3) is 28.0 Å². The zero-order valence-electron chi connectivity index (χ0n) is 18.5. The number of phenols is 1. The third-order valence-electron chi connectivity index (χ3n) is 6.31. The normalized spacial score (nSPS) is 15.4. The highest BCUT2D eigenvalue weighted by molar-refractivity contribution is 5.91. The highest BCUT2D eigenvalue weighted by Crippen LogP contribution is 2.38. The van der Waals surface area contributed by atoms with Crippen LogP contribution in [0.5, 0.6) is 5.75 Å². The summed E-state index contributed by atoms with van der Waals surface area (Å²) in [5, 5.41) is 19.2. The van der Waals surface area contributed by atoms with Crippen molar-refractivity contribution in [2.75, 3.05) is 18.0 Å². The minimum Gasteiger partial charge on any atom is -0.505 e. The number of aromatic hydroxyl groups is 1. The predicted octanol–water partition coefficient (Wildman–Crippen LogP) is 4.24. The number of fused-ring (bicyclic) bond motifs is 1. The van der Waals surface area contributed by atoms with Crippen LogP contribution in [0.1, 0.15) is 25.3 Å². The number of aromatic nitrogens is 3. The molecule has 0 aliphatic carbocycles. The Bertz CT molecular complexity index is 1450. The Hall–Kier alpha value is -4.03. The van der Waals surface area contributed by atoms with Crippen molar-refractivity contribution in [3.05, 3.63) is 66.0 Å². The van der Waals surface area contributed by atoms with Gasteiger partial charge in [-0.25, -0.2) is 18.7 Å². The number of hydrogen-bond acceptors (Lipinski definition) is 6. The van der Waals surface area contributed by atoms with Crippen molar-refractivity contribution in [3.8, 4) is 34.2 Å². The SMILES string of the molecule is CC1(N)CCN(c2nc(-c3ccc(C#N)c(F)c3)c(-c3ccc(F)c(O)c3)c3nccn23)CC1. The van der Waals surface area contributed by atoms with E-state index in [1.807, 2.05) is 17.4 Å². The van der Waals surface area contributed by atoms with Gasteiger partial charge in [0.2, 0.25) is 5.95 Å². The summed E-state index contributed by atoms with van der Waals surface area (Å²) < 4.78 is 30.2. The molecular weight excluding hydrogens is 438 g/mol. The minimum absolute atomic E-state index is 0.0786. The molecule has 0 atom stereocenters. The van der Waals surface area contributed by atoms with Crippen LogP contribution in [0.4, 0.5) is 14.7 Å². The lowest BCUT2D eigenvalue weighted by molar-refractivity contribution is 0.361. The molecule has 2 aromatic heterocycles. The second-order valence-electron chi connectivity index (χ2n) is 8.87. The molecule has 0 unspecified atom stereocenters. The van der Waals surface area contributed by atoms with Crippen molar-refractivity contribution >= 4 is 11.6 Å². The summed E-state index contributed by atoms with van der Waals surface area (Å²) in [5.41, 5.74) is 8.33. The molecule has 1 aliphatic rings. The second-order valence-corrected chi connectivity index (χ2v) is 8.87. The van der Waals surface area contributed by atoms with Gasteiger partial charge in [-0.1, -0.05) is 12.1 Å². The number of nitrogens with zero attached hydrogens (tertiary/aromatic N) is 5. The number of imidazole rings is 1. The average Bonchev–Trinajstić information content (AvgIpc) is 3.30. The van der Waals surface area contributed by atoms with E-state index in [2.05, 4.69) is 9.88 Å². The van der Waals surface area contributed by atoms with Crippen LogP contribution in [0, 0.1) is 23.0 Å². The quantitative estimate of drug-likeness (QED) is 0.474. The molecule has 5 rings (SSSR count). The van der Waals surface area contributed by atoms with Crippen molar-refractivity contribution in [2.24, 2.45) is 5.73 Å². The summed E-state index contributed by atoms with van der Waals surface area (Å²) in [6.07, 6.45) is 4.97. The molecule has 9 heteroatoms. The van der Waals surface area contributed by atoms with E-state index in [4.69, 9.17) is 16.0 Å². The number of piperidine rings is 1. The van der Waals surface area contributed by atoms with E-state index >= 15 is 0 Å². The van der Waals surface area contributed by atoms with E-state index in [1.54, 1.807) is 18.5 Å². The summed E-state index contributed by atoms with van der Waals surface area (Å²) in [5.74, 6) is -1.31. The van der Waals surface area contributed by atoms with E-state index < -0.39 is 17.4 Å². The fourth-order valence-electron chi connectivity index (χ4n) is 4.30. The van der Waals surface area contributed by atoms with Crippen LogP contribution in [0.3, 0.4) is 0 Å². The molecule has 1 aliphatic heterocycles. The summed E-state index contributed by atoms with van der Waals surface area (Å²) in [7, 11) is 0. The van der Waals surface area contributed by atoms with Crippen LogP contribution in [0.15, 0.2) is 48.8 Å². The Morgan fingerprint density at radius 1 is 1.09 bits per heavy atom.